The van der Waals surface area contributed by atoms with E-state index in [0.717, 1.165) is 47.4 Å². The summed E-state index contributed by atoms with van der Waals surface area (Å²) in [5.74, 6) is 0.957. The molecule has 0 radical (unpaired) electrons. The number of nitriles is 1. The van der Waals surface area contributed by atoms with Gasteiger partial charge in [-0.1, -0.05) is 0 Å². The van der Waals surface area contributed by atoms with Gasteiger partial charge in [-0.2, -0.15) is 15.3 Å². The number of nitrogens with one attached hydrogen (secondary N) is 1. The van der Waals surface area contributed by atoms with Gasteiger partial charge < -0.3 is 10.1 Å². The van der Waals surface area contributed by atoms with Gasteiger partial charge in [0.15, 0.2) is 5.65 Å². The molecule has 1 N–H and O–H groups in total. The molecule has 5 rings (SSSR count). The lowest BCUT2D eigenvalue weighted by Gasteiger charge is -2.09. The molecular weight excluding hydrogens is 332 g/mol. The third-order valence-corrected chi connectivity index (χ3v) is 5.08. The molecule has 9 heteroatoms. The molecule has 26 heavy (non-hydrogen) atoms. The van der Waals surface area contributed by atoms with E-state index in [1.165, 1.54) is 0 Å². The highest BCUT2D eigenvalue weighted by molar-refractivity contribution is 5.79. The van der Waals surface area contributed by atoms with E-state index in [4.69, 9.17) is 4.74 Å². The van der Waals surface area contributed by atoms with Crippen molar-refractivity contribution in [1.29, 1.82) is 5.26 Å². The summed E-state index contributed by atoms with van der Waals surface area (Å²) in [4.78, 5) is 9.07. The summed E-state index contributed by atoms with van der Waals surface area (Å²) in [6.45, 7) is 5.11. The van der Waals surface area contributed by atoms with Crippen LogP contribution in [-0.2, 0) is 12.1 Å². The quantitative estimate of drug-likeness (QED) is 0.717. The van der Waals surface area contributed by atoms with Gasteiger partial charge in [0.2, 0.25) is 5.95 Å². The van der Waals surface area contributed by atoms with Crippen LogP contribution in [0.3, 0.4) is 0 Å². The van der Waals surface area contributed by atoms with Gasteiger partial charge >= 0.3 is 0 Å². The van der Waals surface area contributed by atoms with E-state index in [9.17, 15) is 5.26 Å². The third kappa shape index (κ3) is 2.08. The zero-order valence-corrected chi connectivity index (χ0v) is 14.7. The average Bonchev–Trinajstić information content (AvgIpc) is 3.30. The third-order valence-electron chi connectivity index (χ3n) is 5.08. The Morgan fingerprint density at radius 1 is 1.31 bits per heavy atom. The summed E-state index contributed by atoms with van der Waals surface area (Å²) in [5.41, 5.74) is 2.75. The van der Waals surface area contributed by atoms with E-state index in [0.29, 0.717) is 25.0 Å². The molecule has 1 aliphatic heterocycles. The van der Waals surface area contributed by atoms with Crippen LogP contribution in [-0.4, -0.2) is 36.1 Å². The molecule has 0 atom stereocenters. The second-order valence-corrected chi connectivity index (χ2v) is 6.89. The zero-order chi connectivity index (χ0) is 17.9. The second kappa shape index (κ2) is 5.17. The van der Waals surface area contributed by atoms with Gasteiger partial charge in [-0.15, -0.1) is 5.10 Å². The summed E-state index contributed by atoms with van der Waals surface area (Å²) in [6, 6.07) is 2.38. The molecular formula is C17H18N8O. The van der Waals surface area contributed by atoms with E-state index in [-0.39, 0.29) is 0 Å². The monoisotopic (exact) mass is 350 g/mol. The minimum Gasteiger partial charge on any atom is -0.475 e. The Hall–Kier alpha value is -3.15. The van der Waals surface area contributed by atoms with Crippen molar-refractivity contribution < 1.29 is 4.74 Å². The second-order valence-electron chi connectivity index (χ2n) is 6.89. The lowest BCUT2D eigenvalue weighted by Crippen LogP contribution is -2.18. The molecule has 2 bridgehead atoms. The molecule has 0 unspecified atom stereocenters. The van der Waals surface area contributed by atoms with E-state index in [2.05, 4.69) is 31.6 Å². The van der Waals surface area contributed by atoms with Crippen molar-refractivity contribution in [2.45, 2.75) is 45.2 Å². The topological polar surface area (TPSA) is 106 Å². The van der Waals surface area contributed by atoms with Crippen LogP contribution in [0.1, 0.15) is 30.7 Å². The SMILES string of the molecule is Cc1nn2c3nc(ncc13)Nc1c(nn(C3(C#N)CC3)c1C)OCCC2. The molecule has 0 aromatic carbocycles. The zero-order valence-electron chi connectivity index (χ0n) is 14.7. The standard InChI is InChI=1S/C17H18N8O/c1-10-12-8-19-16-20-13-11(2)25(17(9-18)4-5-17)23-15(13)26-7-3-6-24(22-10)14(12)21-16/h8H,3-7H2,1-2H3,(H,19,20,21). The summed E-state index contributed by atoms with van der Waals surface area (Å²) in [5, 5.41) is 22.8. The van der Waals surface area contributed by atoms with Crippen molar-refractivity contribution in [3.8, 4) is 11.9 Å². The number of anilines is 2. The average molecular weight is 350 g/mol. The highest BCUT2D eigenvalue weighted by Crippen LogP contribution is 2.46. The highest BCUT2D eigenvalue weighted by Gasteiger charge is 2.48. The molecule has 1 saturated carbocycles. The highest BCUT2D eigenvalue weighted by atomic mass is 16.5. The van der Waals surface area contributed by atoms with E-state index >= 15 is 0 Å². The van der Waals surface area contributed by atoms with Gasteiger partial charge in [-0.3, -0.25) is 0 Å². The first-order valence-electron chi connectivity index (χ1n) is 8.73. The summed E-state index contributed by atoms with van der Waals surface area (Å²) in [6.07, 6.45) is 4.20. The largest absolute Gasteiger partial charge is 0.475 e. The predicted molar refractivity (Wildman–Crippen MR) is 93.2 cm³/mol. The van der Waals surface area contributed by atoms with Crippen LogP contribution in [0.4, 0.5) is 11.6 Å². The Morgan fingerprint density at radius 2 is 2.15 bits per heavy atom. The maximum absolute atomic E-state index is 9.52. The first-order valence-corrected chi connectivity index (χ1v) is 8.73. The first kappa shape index (κ1) is 15.1. The van der Waals surface area contributed by atoms with Gasteiger partial charge in [0.25, 0.3) is 5.88 Å². The molecule has 1 fully saturated rings. The molecule has 3 aromatic heterocycles. The summed E-state index contributed by atoms with van der Waals surface area (Å²) < 4.78 is 9.60. The normalized spacial score (nSPS) is 17.7. The Labute approximate surface area is 149 Å². The summed E-state index contributed by atoms with van der Waals surface area (Å²) in [7, 11) is 0. The molecule has 4 heterocycles. The lowest BCUT2D eigenvalue weighted by atomic mass is 10.3. The summed E-state index contributed by atoms with van der Waals surface area (Å²) >= 11 is 0. The fraction of sp³-hybridized carbons (Fsp3) is 0.471. The van der Waals surface area contributed by atoms with Crippen molar-refractivity contribution in [1.82, 2.24) is 29.5 Å². The molecule has 2 aliphatic rings. The van der Waals surface area contributed by atoms with Crippen LogP contribution in [0, 0.1) is 25.2 Å². The van der Waals surface area contributed by atoms with Gasteiger partial charge in [0, 0.05) is 19.2 Å². The maximum Gasteiger partial charge on any atom is 0.257 e. The number of aromatic nitrogens is 6. The van der Waals surface area contributed by atoms with Crippen molar-refractivity contribution in [2.24, 2.45) is 0 Å². The minimum atomic E-state index is -0.542. The molecule has 9 nitrogen and oxygen atoms in total. The number of nitrogens with zero attached hydrogens (tertiary/aromatic N) is 7. The van der Waals surface area contributed by atoms with E-state index in [1.807, 2.05) is 18.5 Å². The van der Waals surface area contributed by atoms with Crippen molar-refractivity contribution in [3.05, 3.63) is 17.6 Å². The Morgan fingerprint density at radius 3 is 2.92 bits per heavy atom. The van der Waals surface area contributed by atoms with Crippen LogP contribution in [0.25, 0.3) is 11.0 Å². The fourth-order valence-electron chi connectivity index (χ4n) is 3.45. The number of fused-ring (bicyclic) bond motifs is 2. The predicted octanol–water partition coefficient (Wildman–Crippen LogP) is 2.18. The van der Waals surface area contributed by atoms with Crippen LogP contribution in [0.5, 0.6) is 5.88 Å². The van der Waals surface area contributed by atoms with Crippen molar-refractivity contribution >= 4 is 22.7 Å². The van der Waals surface area contributed by atoms with Gasteiger partial charge in [0.05, 0.1) is 29.5 Å². The Bertz CT molecular complexity index is 1070. The van der Waals surface area contributed by atoms with Gasteiger partial charge in [-0.25, -0.2) is 14.3 Å². The van der Waals surface area contributed by atoms with Crippen molar-refractivity contribution in [2.75, 3.05) is 11.9 Å². The van der Waals surface area contributed by atoms with Crippen LogP contribution >= 0.6 is 0 Å². The van der Waals surface area contributed by atoms with Crippen LogP contribution in [0.2, 0.25) is 0 Å². The fourth-order valence-corrected chi connectivity index (χ4v) is 3.45. The molecule has 0 spiro atoms. The number of aryl methyl sites for hydroxylation is 2. The molecule has 132 valence electrons. The number of hydrogen-bond donors (Lipinski definition) is 1. The van der Waals surface area contributed by atoms with Gasteiger partial charge in [-0.05, 0) is 26.7 Å². The number of rotatable bonds is 1. The molecule has 3 aromatic rings. The van der Waals surface area contributed by atoms with Crippen LogP contribution in [0.15, 0.2) is 6.20 Å². The van der Waals surface area contributed by atoms with Gasteiger partial charge in [0.1, 0.15) is 11.2 Å². The molecule has 0 amide bonds. The van der Waals surface area contributed by atoms with Crippen LogP contribution < -0.4 is 10.1 Å². The lowest BCUT2D eigenvalue weighted by molar-refractivity contribution is 0.284. The number of ether oxygens (including phenoxy) is 1. The maximum atomic E-state index is 9.52. The smallest absolute Gasteiger partial charge is 0.257 e. The number of hydrogen-bond acceptors (Lipinski definition) is 7. The minimum absolute atomic E-state index is 0.467. The Kier molecular flexibility index (Phi) is 3.01. The van der Waals surface area contributed by atoms with E-state index in [1.54, 1.807) is 10.9 Å². The molecule has 0 saturated heterocycles. The molecule has 1 aliphatic carbocycles. The van der Waals surface area contributed by atoms with Crippen molar-refractivity contribution in [3.63, 3.8) is 0 Å². The Balaban J connectivity index is 1.64. The first-order chi connectivity index (χ1) is 12.6. The van der Waals surface area contributed by atoms with E-state index < -0.39 is 5.54 Å².